The molecule has 4 heteroatoms. The van der Waals surface area contributed by atoms with Gasteiger partial charge in [-0.3, -0.25) is 4.84 Å². The van der Waals surface area contributed by atoms with Gasteiger partial charge in [0.15, 0.2) is 5.79 Å². The Hall–Kier alpha value is -0.940. The molecular weight excluding hydrogens is 254 g/mol. The summed E-state index contributed by atoms with van der Waals surface area (Å²) in [5.41, 5.74) is 1.33. The highest BCUT2D eigenvalue weighted by Crippen LogP contribution is 2.46. The number of fused-ring (bicyclic) bond motifs is 2. The van der Waals surface area contributed by atoms with E-state index < -0.39 is 5.79 Å². The van der Waals surface area contributed by atoms with Gasteiger partial charge in [0, 0.05) is 0 Å². The van der Waals surface area contributed by atoms with E-state index in [2.05, 4.69) is 35.4 Å². The molecular formula is C16H21NO3. The minimum Gasteiger partial charge on any atom is -0.348 e. The van der Waals surface area contributed by atoms with Crippen molar-refractivity contribution in [1.82, 2.24) is 5.06 Å². The highest BCUT2D eigenvalue weighted by molar-refractivity contribution is 5.21. The summed E-state index contributed by atoms with van der Waals surface area (Å²) in [6, 6.07) is 11.3. The van der Waals surface area contributed by atoms with Crippen LogP contribution in [0.3, 0.4) is 0 Å². The molecule has 4 nitrogen and oxygen atoms in total. The largest absolute Gasteiger partial charge is 0.348 e. The molecule has 108 valence electrons. The van der Waals surface area contributed by atoms with Gasteiger partial charge in [-0.05, 0) is 32.3 Å². The number of nitrogens with zero attached hydrogens (tertiary/aromatic N) is 1. The molecule has 3 heterocycles. The Bertz CT molecular complexity index is 490. The molecule has 0 aliphatic carbocycles. The molecule has 4 rings (SSSR count). The maximum atomic E-state index is 6.03. The van der Waals surface area contributed by atoms with Gasteiger partial charge in [0.2, 0.25) is 0 Å². The third-order valence-electron chi connectivity index (χ3n) is 4.54. The van der Waals surface area contributed by atoms with Crippen molar-refractivity contribution in [3.8, 4) is 0 Å². The average molecular weight is 275 g/mol. The number of hydrogen-bond acceptors (Lipinski definition) is 4. The lowest BCUT2D eigenvalue weighted by Crippen LogP contribution is -2.43. The summed E-state index contributed by atoms with van der Waals surface area (Å²) in [5, 5.41) is 2.16. The van der Waals surface area contributed by atoms with Crippen molar-refractivity contribution in [2.45, 2.75) is 56.8 Å². The van der Waals surface area contributed by atoms with Crippen LogP contribution in [0.1, 0.15) is 38.3 Å². The fraction of sp³-hybridized carbons (Fsp3) is 0.625. The van der Waals surface area contributed by atoms with E-state index in [0.717, 1.165) is 12.8 Å². The quantitative estimate of drug-likeness (QED) is 0.830. The minimum atomic E-state index is -0.462. The molecule has 0 spiro atoms. The van der Waals surface area contributed by atoms with Crippen molar-refractivity contribution >= 4 is 0 Å². The van der Waals surface area contributed by atoms with Crippen molar-refractivity contribution in [3.05, 3.63) is 35.9 Å². The van der Waals surface area contributed by atoms with E-state index >= 15 is 0 Å². The second-order valence-corrected chi connectivity index (χ2v) is 6.42. The highest BCUT2D eigenvalue weighted by atomic mass is 16.8. The molecule has 3 fully saturated rings. The number of piperidine rings is 1. The second-order valence-electron chi connectivity index (χ2n) is 6.42. The molecule has 0 radical (unpaired) electrons. The van der Waals surface area contributed by atoms with Crippen molar-refractivity contribution in [3.63, 3.8) is 0 Å². The smallest absolute Gasteiger partial charge is 0.163 e. The Balaban J connectivity index is 1.54. The molecule has 4 unspecified atom stereocenters. The summed E-state index contributed by atoms with van der Waals surface area (Å²) in [7, 11) is 0. The normalized spacial score (nSPS) is 42.2. The average Bonchev–Trinajstić information content (AvgIpc) is 3.12. The van der Waals surface area contributed by atoms with Gasteiger partial charge in [0.1, 0.15) is 6.10 Å². The van der Waals surface area contributed by atoms with Gasteiger partial charge in [-0.25, -0.2) is 0 Å². The molecule has 0 N–H and O–H groups in total. The van der Waals surface area contributed by atoms with Crippen LogP contribution in [0.15, 0.2) is 30.3 Å². The van der Waals surface area contributed by atoms with Gasteiger partial charge in [-0.15, -0.1) is 0 Å². The molecule has 1 aromatic carbocycles. The standard InChI is InChI=1S/C16H21NO3/c1-16(2)18-10-15(19-16)14-9-12-8-13(17(14)20-12)11-6-4-3-5-7-11/h3-7,12-15H,8-10H2,1-2H3/t12?,13?,14?,15-/m1/s1. The van der Waals surface area contributed by atoms with Crippen LogP contribution in [-0.2, 0) is 14.3 Å². The Morgan fingerprint density at radius 3 is 2.60 bits per heavy atom. The number of benzene rings is 1. The van der Waals surface area contributed by atoms with Crippen LogP contribution in [0, 0.1) is 0 Å². The van der Waals surface area contributed by atoms with Crippen LogP contribution in [0.2, 0.25) is 0 Å². The Labute approximate surface area is 119 Å². The van der Waals surface area contributed by atoms with Gasteiger partial charge in [0.05, 0.1) is 24.8 Å². The maximum absolute atomic E-state index is 6.03. The first kappa shape index (κ1) is 12.8. The zero-order chi connectivity index (χ0) is 13.7. The summed E-state index contributed by atoms with van der Waals surface area (Å²) >= 11 is 0. The summed E-state index contributed by atoms with van der Waals surface area (Å²) in [6.07, 6.45) is 2.57. The van der Waals surface area contributed by atoms with E-state index in [-0.39, 0.29) is 6.10 Å². The second kappa shape index (κ2) is 4.53. The van der Waals surface area contributed by atoms with Crippen LogP contribution in [0.4, 0.5) is 0 Å². The van der Waals surface area contributed by atoms with Crippen molar-refractivity contribution in [2.24, 2.45) is 0 Å². The third kappa shape index (κ3) is 2.07. The van der Waals surface area contributed by atoms with Gasteiger partial charge in [-0.1, -0.05) is 30.3 Å². The summed E-state index contributed by atoms with van der Waals surface area (Å²) < 4.78 is 11.7. The minimum absolute atomic E-state index is 0.113. The first-order chi connectivity index (χ1) is 9.62. The summed E-state index contributed by atoms with van der Waals surface area (Å²) in [6.45, 7) is 4.61. The molecule has 3 saturated heterocycles. The fourth-order valence-electron chi connectivity index (χ4n) is 3.64. The van der Waals surface area contributed by atoms with E-state index in [0.29, 0.717) is 24.8 Å². The first-order valence-corrected chi connectivity index (χ1v) is 7.44. The predicted molar refractivity (Wildman–Crippen MR) is 73.8 cm³/mol. The van der Waals surface area contributed by atoms with Gasteiger partial charge >= 0.3 is 0 Å². The third-order valence-corrected chi connectivity index (χ3v) is 4.54. The van der Waals surface area contributed by atoms with Crippen molar-refractivity contribution < 1.29 is 14.3 Å². The molecule has 3 aliphatic heterocycles. The number of ether oxygens (including phenoxy) is 2. The van der Waals surface area contributed by atoms with Crippen LogP contribution in [0.5, 0.6) is 0 Å². The molecule has 0 saturated carbocycles. The Morgan fingerprint density at radius 2 is 1.95 bits per heavy atom. The molecule has 2 bridgehead atoms. The lowest BCUT2D eigenvalue weighted by Gasteiger charge is -2.32. The molecule has 20 heavy (non-hydrogen) atoms. The van der Waals surface area contributed by atoms with Crippen molar-refractivity contribution in [1.29, 1.82) is 0 Å². The fourth-order valence-corrected chi connectivity index (χ4v) is 3.64. The number of rotatable bonds is 2. The van der Waals surface area contributed by atoms with E-state index in [4.69, 9.17) is 14.3 Å². The monoisotopic (exact) mass is 275 g/mol. The lowest BCUT2D eigenvalue weighted by atomic mass is 9.91. The highest BCUT2D eigenvalue weighted by Gasteiger charge is 2.52. The van der Waals surface area contributed by atoms with Crippen LogP contribution in [0.25, 0.3) is 0 Å². The lowest BCUT2D eigenvalue weighted by molar-refractivity contribution is -0.178. The molecule has 0 aromatic heterocycles. The topological polar surface area (TPSA) is 30.9 Å². The van der Waals surface area contributed by atoms with Gasteiger partial charge in [-0.2, -0.15) is 5.06 Å². The Morgan fingerprint density at radius 1 is 1.15 bits per heavy atom. The van der Waals surface area contributed by atoms with Crippen LogP contribution in [-0.4, -0.2) is 35.7 Å². The SMILES string of the molecule is CC1(C)OC[C@H](C2CC3CC(c4ccccc4)N2O3)O1. The van der Waals surface area contributed by atoms with Gasteiger partial charge < -0.3 is 9.47 Å². The first-order valence-electron chi connectivity index (χ1n) is 7.44. The van der Waals surface area contributed by atoms with Gasteiger partial charge in [0.25, 0.3) is 0 Å². The maximum Gasteiger partial charge on any atom is 0.163 e. The zero-order valence-electron chi connectivity index (χ0n) is 12.0. The number of hydrogen-bond donors (Lipinski definition) is 0. The van der Waals surface area contributed by atoms with E-state index in [1.165, 1.54) is 5.56 Å². The van der Waals surface area contributed by atoms with Crippen molar-refractivity contribution in [2.75, 3.05) is 6.61 Å². The van der Waals surface area contributed by atoms with Crippen LogP contribution < -0.4 is 0 Å². The molecule has 5 atom stereocenters. The Kier molecular flexibility index (Phi) is 2.89. The number of hydroxylamine groups is 2. The molecule has 3 aliphatic rings. The van der Waals surface area contributed by atoms with E-state index in [1.54, 1.807) is 0 Å². The van der Waals surface area contributed by atoms with E-state index in [1.807, 2.05) is 13.8 Å². The van der Waals surface area contributed by atoms with Crippen LogP contribution >= 0.6 is 0 Å². The zero-order valence-corrected chi connectivity index (χ0v) is 12.0. The summed E-state index contributed by atoms with van der Waals surface area (Å²) in [5.74, 6) is -0.462. The molecule has 0 amide bonds. The summed E-state index contributed by atoms with van der Waals surface area (Å²) in [4.78, 5) is 6.03. The predicted octanol–water partition coefficient (Wildman–Crippen LogP) is 2.66. The molecule has 1 aromatic rings. The van der Waals surface area contributed by atoms with E-state index in [9.17, 15) is 0 Å².